The van der Waals surface area contributed by atoms with Crippen molar-refractivity contribution in [1.82, 2.24) is 9.55 Å². The average molecular weight is 167 g/mol. The Bertz CT molecular complexity index is 227. The number of nitrogens with two attached hydrogens (primary N) is 1. The van der Waals surface area contributed by atoms with Crippen LogP contribution in [-0.4, -0.2) is 15.6 Å². The first kappa shape index (κ1) is 9.26. The Balaban J connectivity index is 2.29. The second kappa shape index (κ2) is 4.26. The Morgan fingerprint density at radius 1 is 1.67 bits per heavy atom. The lowest BCUT2D eigenvalue weighted by atomic mass is 10.2. The van der Waals surface area contributed by atoms with E-state index in [1.165, 1.54) is 0 Å². The summed E-state index contributed by atoms with van der Waals surface area (Å²) in [5.74, 6) is 1.08. The molecule has 1 rings (SSSR count). The first-order valence-corrected chi connectivity index (χ1v) is 4.43. The van der Waals surface area contributed by atoms with Gasteiger partial charge in [-0.3, -0.25) is 0 Å². The Morgan fingerprint density at radius 3 is 2.92 bits per heavy atom. The maximum absolute atomic E-state index is 5.65. The molecule has 0 amide bonds. The highest BCUT2D eigenvalue weighted by Gasteiger charge is 1.97. The molecule has 1 atom stereocenters. The third-order valence-corrected chi connectivity index (χ3v) is 1.98. The molecule has 1 heterocycles. The van der Waals surface area contributed by atoms with Gasteiger partial charge in [-0.2, -0.15) is 0 Å². The summed E-state index contributed by atoms with van der Waals surface area (Å²) in [5, 5.41) is 0. The number of imidazole rings is 1. The molecule has 0 fully saturated rings. The van der Waals surface area contributed by atoms with Crippen LogP contribution in [-0.2, 0) is 6.54 Å². The molecule has 12 heavy (non-hydrogen) atoms. The summed E-state index contributed by atoms with van der Waals surface area (Å²) in [6, 6.07) is 0.314. The lowest BCUT2D eigenvalue weighted by molar-refractivity contribution is 0.551. The van der Waals surface area contributed by atoms with Gasteiger partial charge in [-0.05, 0) is 26.7 Å². The van der Waals surface area contributed by atoms with E-state index in [2.05, 4.69) is 9.55 Å². The monoisotopic (exact) mass is 167 g/mol. The Labute approximate surface area is 73.6 Å². The van der Waals surface area contributed by atoms with Crippen LogP contribution in [0, 0.1) is 6.92 Å². The molecule has 0 spiro atoms. The summed E-state index contributed by atoms with van der Waals surface area (Å²) < 4.78 is 2.16. The van der Waals surface area contributed by atoms with E-state index in [-0.39, 0.29) is 0 Å². The Hall–Kier alpha value is -0.830. The molecule has 0 saturated carbocycles. The van der Waals surface area contributed by atoms with Crippen molar-refractivity contribution in [3.8, 4) is 0 Å². The van der Waals surface area contributed by atoms with Gasteiger partial charge in [0.25, 0.3) is 0 Å². The van der Waals surface area contributed by atoms with E-state index in [9.17, 15) is 0 Å². The van der Waals surface area contributed by atoms with Crippen molar-refractivity contribution in [2.24, 2.45) is 5.73 Å². The Morgan fingerprint density at radius 2 is 2.42 bits per heavy atom. The summed E-state index contributed by atoms with van der Waals surface area (Å²) in [5.41, 5.74) is 5.65. The highest BCUT2D eigenvalue weighted by Crippen LogP contribution is 2.00. The van der Waals surface area contributed by atoms with Crippen molar-refractivity contribution in [1.29, 1.82) is 0 Å². The fourth-order valence-electron chi connectivity index (χ4n) is 1.22. The summed E-state index contributed by atoms with van der Waals surface area (Å²) in [7, 11) is 0. The lowest BCUT2D eigenvalue weighted by Crippen LogP contribution is -2.15. The van der Waals surface area contributed by atoms with Gasteiger partial charge in [-0.15, -0.1) is 0 Å². The predicted molar refractivity (Wildman–Crippen MR) is 49.8 cm³/mol. The van der Waals surface area contributed by atoms with Gasteiger partial charge >= 0.3 is 0 Å². The van der Waals surface area contributed by atoms with E-state index in [0.29, 0.717) is 6.04 Å². The topological polar surface area (TPSA) is 43.8 Å². The SMILES string of the molecule is Cc1nccn1CCCC(C)N. The molecule has 3 heteroatoms. The highest BCUT2D eigenvalue weighted by atomic mass is 15.0. The fourth-order valence-corrected chi connectivity index (χ4v) is 1.22. The normalized spacial score (nSPS) is 13.2. The van der Waals surface area contributed by atoms with Crippen molar-refractivity contribution < 1.29 is 0 Å². The standard InChI is InChI=1S/C9H17N3/c1-8(10)4-3-6-12-7-5-11-9(12)2/h5,7-8H,3-4,6,10H2,1-2H3. The average Bonchev–Trinajstić information content (AvgIpc) is 2.36. The highest BCUT2D eigenvalue weighted by molar-refractivity contribution is 4.88. The van der Waals surface area contributed by atoms with E-state index in [1.54, 1.807) is 0 Å². The number of hydrogen-bond acceptors (Lipinski definition) is 2. The molecule has 68 valence electrons. The van der Waals surface area contributed by atoms with E-state index < -0.39 is 0 Å². The molecule has 0 radical (unpaired) electrons. The van der Waals surface area contributed by atoms with Gasteiger partial charge in [-0.1, -0.05) is 0 Å². The second-order valence-corrected chi connectivity index (χ2v) is 3.29. The number of nitrogens with zero attached hydrogens (tertiary/aromatic N) is 2. The molecule has 1 aromatic heterocycles. The molecular formula is C9H17N3. The van der Waals surface area contributed by atoms with Crippen LogP contribution in [0.1, 0.15) is 25.6 Å². The number of rotatable bonds is 4. The zero-order chi connectivity index (χ0) is 8.97. The van der Waals surface area contributed by atoms with Gasteiger partial charge in [-0.25, -0.2) is 4.98 Å². The molecule has 2 N–H and O–H groups in total. The van der Waals surface area contributed by atoms with E-state index in [1.807, 2.05) is 26.2 Å². The van der Waals surface area contributed by atoms with Crippen LogP contribution >= 0.6 is 0 Å². The molecule has 1 aromatic rings. The van der Waals surface area contributed by atoms with E-state index >= 15 is 0 Å². The van der Waals surface area contributed by atoms with E-state index in [4.69, 9.17) is 5.73 Å². The van der Waals surface area contributed by atoms with Crippen molar-refractivity contribution >= 4 is 0 Å². The van der Waals surface area contributed by atoms with E-state index in [0.717, 1.165) is 25.2 Å². The largest absolute Gasteiger partial charge is 0.335 e. The Kier molecular flexibility index (Phi) is 3.29. The minimum absolute atomic E-state index is 0.314. The van der Waals surface area contributed by atoms with Gasteiger partial charge in [0.15, 0.2) is 0 Å². The molecule has 1 unspecified atom stereocenters. The number of hydrogen-bond donors (Lipinski definition) is 1. The van der Waals surface area contributed by atoms with Crippen molar-refractivity contribution in [2.45, 2.75) is 39.3 Å². The van der Waals surface area contributed by atoms with Crippen LogP contribution in [0.4, 0.5) is 0 Å². The summed E-state index contributed by atoms with van der Waals surface area (Å²) in [6.45, 7) is 5.10. The van der Waals surface area contributed by atoms with Crippen LogP contribution in [0.5, 0.6) is 0 Å². The molecule has 0 saturated heterocycles. The summed E-state index contributed by atoms with van der Waals surface area (Å²) in [6.07, 6.45) is 6.06. The summed E-state index contributed by atoms with van der Waals surface area (Å²) in [4.78, 5) is 4.15. The van der Waals surface area contributed by atoms with Gasteiger partial charge in [0.1, 0.15) is 5.82 Å². The zero-order valence-corrected chi connectivity index (χ0v) is 7.83. The molecule has 0 bridgehead atoms. The third kappa shape index (κ3) is 2.66. The van der Waals surface area contributed by atoms with Gasteiger partial charge in [0.05, 0.1) is 0 Å². The van der Waals surface area contributed by atoms with Gasteiger partial charge in [0.2, 0.25) is 0 Å². The third-order valence-electron chi connectivity index (χ3n) is 1.98. The van der Waals surface area contributed by atoms with Crippen LogP contribution < -0.4 is 5.73 Å². The molecule has 0 aromatic carbocycles. The fraction of sp³-hybridized carbons (Fsp3) is 0.667. The van der Waals surface area contributed by atoms with Crippen molar-refractivity contribution in [3.63, 3.8) is 0 Å². The quantitative estimate of drug-likeness (QED) is 0.735. The van der Waals surface area contributed by atoms with Gasteiger partial charge < -0.3 is 10.3 Å². The van der Waals surface area contributed by atoms with Crippen LogP contribution in [0.3, 0.4) is 0 Å². The molecule has 3 nitrogen and oxygen atoms in total. The molecule has 0 aliphatic rings. The second-order valence-electron chi connectivity index (χ2n) is 3.29. The lowest BCUT2D eigenvalue weighted by Gasteiger charge is -2.06. The molecule has 0 aliphatic heterocycles. The molecule has 0 aliphatic carbocycles. The van der Waals surface area contributed by atoms with Crippen molar-refractivity contribution in [3.05, 3.63) is 18.2 Å². The van der Waals surface area contributed by atoms with Gasteiger partial charge in [0, 0.05) is 25.0 Å². The predicted octanol–water partition coefficient (Wildman–Crippen LogP) is 1.32. The maximum Gasteiger partial charge on any atom is 0.105 e. The number of aromatic nitrogens is 2. The van der Waals surface area contributed by atoms with Crippen LogP contribution in [0.25, 0.3) is 0 Å². The maximum atomic E-state index is 5.65. The number of aryl methyl sites for hydroxylation is 2. The van der Waals surface area contributed by atoms with Crippen LogP contribution in [0.15, 0.2) is 12.4 Å². The minimum Gasteiger partial charge on any atom is -0.335 e. The van der Waals surface area contributed by atoms with Crippen molar-refractivity contribution in [2.75, 3.05) is 0 Å². The zero-order valence-electron chi connectivity index (χ0n) is 7.83. The minimum atomic E-state index is 0.314. The first-order valence-electron chi connectivity index (χ1n) is 4.43. The smallest absolute Gasteiger partial charge is 0.105 e. The first-order chi connectivity index (χ1) is 5.70. The molecular weight excluding hydrogens is 150 g/mol. The summed E-state index contributed by atoms with van der Waals surface area (Å²) >= 11 is 0. The van der Waals surface area contributed by atoms with Crippen LogP contribution in [0.2, 0.25) is 0 Å².